The van der Waals surface area contributed by atoms with Crippen LogP contribution in [0, 0.1) is 0 Å². The molecule has 1 fully saturated rings. The van der Waals surface area contributed by atoms with Gasteiger partial charge >= 0.3 is 12.0 Å². The van der Waals surface area contributed by atoms with Crippen LogP contribution in [-0.2, 0) is 14.3 Å². The van der Waals surface area contributed by atoms with Crippen LogP contribution in [0.4, 0.5) is 10.5 Å². The third-order valence-corrected chi connectivity index (χ3v) is 4.74. The van der Waals surface area contributed by atoms with E-state index in [0.29, 0.717) is 22.8 Å². The van der Waals surface area contributed by atoms with Crippen LogP contribution in [-0.4, -0.2) is 51.8 Å². The smallest absolute Gasteiger partial charge is 0.338 e. The molecule has 0 aliphatic carbocycles. The maximum Gasteiger partial charge on any atom is 0.338 e. The largest absolute Gasteiger partial charge is 0.493 e. The third-order valence-electron chi connectivity index (χ3n) is 4.74. The number of barbiturate groups is 1. The number of rotatable bonds is 7. The SMILES string of the molecule is CCOC(=O)c1ccc(N2C(=O)NC(=O)/C(=C/c3cc(OC)c(OC)c(OC)c3)C2=O)cc1. The minimum Gasteiger partial charge on any atom is -0.493 e. The number of carbonyl (C=O) groups excluding carboxylic acids is 4. The summed E-state index contributed by atoms with van der Waals surface area (Å²) in [6.07, 6.45) is 1.31. The minimum absolute atomic E-state index is 0.175. The van der Waals surface area contributed by atoms with Crippen LogP contribution in [0.5, 0.6) is 17.2 Å². The zero-order chi connectivity index (χ0) is 24.1. The van der Waals surface area contributed by atoms with Gasteiger partial charge in [-0.15, -0.1) is 0 Å². The predicted molar refractivity (Wildman–Crippen MR) is 117 cm³/mol. The van der Waals surface area contributed by atoms with Gasteiger partial charge < -0.3 is 18.9 Å². The molecule has 1 heterocycles. The van der Waals surface area contributed by atoms with Gasteiger partial charge in [-0.3, -0.25) is 14.9 Å². The van der Waals surface area contributed by atoms with Gasteiger partial charge in [-0.25, -0.2) is 14.5 Å². The zero-order valence-electron chi connectivity index (χ0n) is 18.5. The predicted octanol–water partition coefficient (Wildman–Crippen LogP) is 2.56. The second-order valence-electron chi connectivity index (χ2n) is 6.68. The Morgan fingerprint density at radius 2 is 1.58 bits per heavy atom. The van der Waals surface area contributed by atoms with Gasteiger partial charge in [0.05, 0.1) is 39.2 Å². The van der Waals surface area contributed by atoms with Gasteiger partial charge in [0.25, 0.3) is 11.8 Å². The van der Waals surface area contributed by atoms with Gasteiger partial charge in [-0.2, -0.15) is 0 Å². The molecule has 1 saturated heterocycles. The Labute approximate surface area is 189 Å². The molecule has 0 aromatic heterocycles. The summed E-state index contributed by atoms with van der Waals surface area (Å²) in [5.74, 6) is -1.21. The summed E-state index contributed by atoms with van der Waals surface area (Å²) >= 11 is 0. The highest BCUT2D eigenvalue weighted by molar-refractivity contribution is 6.39. The second kappa shape index (κ2) is 9.86. The molecule has 0 saturated carbocycles. The summed E-state index contributed by atoms with van der Waals surface area (Å²) in [6.45, 7) is 1.90. The van der Waals surface area contributed by atoms with Crippen LogP contribution in [0.15, 0.2) is 42.0 Å². The molecule has 0 radical (unpaired) electrons. The average Bonchev–Trinajstić information content (AvgIpc) is 2.81. The second-order valence-corrected chi connectivity index (χ2v) is 6.68. The van der Waals surface area contributed by atoms with Crippen molar-refractivity contribution in [2.45, 2.75) is 6.92 Å². The lowest BCUT2D eigenvalue weighted by atomic mass is 10.1. The fourth-order valence-electron chi connectivity index (χ4n) is 3.20. The van der Waals surface area contributed by atoms with Crippen molar-refractivity contribution in [3.63, 3.8) is 0 Å². The number of ether oxygens (including phenoxy) is 4. The molecule has 0 spiro atoms. The molecule has 0 bridgehead atoms. The number of nitrogens with one attached hydrogen (secondary N) is 1. The fourth-order valence-corrected chi connectivity index (χ4v) is 3.20. The number of hydrogen-bond acceptors (Lipinski definition) is 8. The summed E-state index contributed by atoms with van der Waals surface area (Å²) in [5.41, 5.74) is 0.567. The molecule has 2 aromatic rings. The molecule has 1 N–H and O–H groups in total. The molecular formula is C23H22N2O8. The fraction of sp³-hybridized carbons (Fsp3) is 0.217. The summed E-state index contributed by atoms with van der Waals surface area (Å²) in [5, 5.41) is 2.15. The Kier molecular flexibility index (Phi) is 6.97. The van der Waals surface area contributed by atoms with Crippen LogP contribution in [0.1, 0.15) is 22.8 Å². The minimum atomic E-state index is -0.907. The summed E-state index contributed by atoms with van der Waals surface area (Å²) in [7, 11) is 4.33. The molecule has 2 aromatic carbocycles. The third kappa shape index (κ3) is 4.64. The van der Waals surface area contributed by atoms with Crippen molar-refractivity contribution >= 4 is 35.6 Å². The van der Waals surface area contributed by atoms with Gasteiger partial charge in [0.15, 0.2) is 11.5 Å². The maximum absolute atomic E-state index is 13.1. The van der Waals surface area contributed by atoms with Crippen molar-refractivity contribution in [3.8, 4) is 17.2 Å². The Morgan fingerprint density at radius 1 is 0.970 bits per heavy atom. The summed E-state index contributed by atoms with van der Waals surface area (Å²) in [6, 6.07) is 7.89. The van der Waals surface area contributed by atoms with Crippen molar-refractivity contribution < 1.29 is 38.1 Å². The van der Waals surface area contributed by atoms with E-state index in [-0.39, 0.29) is 23.4 Å². The number of anilines is 1. The first kappa shape index (κ1) is 23.3. The number of urea groups is 1. The summed E-state index contributed by atoms with van der Waals surface area (Å²) < 4.78 is 20.8. The van der Waals surface area contributed by atoms with Crippen LogP contribution in [0.2, 0.25) is 0 Å². The average molecular weight is 454 g/mol. The number of benzene rings is 2. The lowest BCUT2D eigenvalue weighted by Crippen LogP contribution is -2.54. The molecule has 0 unspecified atom stereocenters. The van der Waals surface area contributed by atoms with Crippen LogP contribution in [0.25, 0.3) is 6.08 Å². The quantitative estimate of drug-likeness (QED) is 0.385. The molecule has 172 valence electrons. The van der Waals surface area contributed by atoms with Crippen molar-refractivity contribution in [3.05, 3.63) is 53.1 Å². The Bertz CT molecular complexity index is 1110. The number of methoxy groups -OCH3 is 3. The number of carbonyl (C=O) groups is 4. The van der Waals surface area contributed by atoms with Crippen molar-refractivity contribution in [1.29, 1.82) is 0 Å². The molecule has 0 atom stereocenters. The number of nitrogens with zero attached hydrogens (tertiary/aromatic N) is 1. The van der Waals surface area contributed by atoms with E-state index >= 15 is 0 Å². The van der Waals surface area contributed by atoms with E-state index in [1.54, 1.807) is 19.1 Å². The van der Waals surface area contributed by atoms with E-state index in [2.05, 4.69) is 5.32 Å². The van der Waals surface area contributed by atoms with Gasteiger partial charge in [-0.05, 0) is 55.0 Å². The van der Waals surface area contributed by atoms with E-state index in [0.717, 1.165) is 4.90 Å². The maximum atomic E-state index is 13.1. The van der Waals surface area contributed by atoms with E-state index in [9.17, 15) is 19.2 Å². The Hall–Kier alpha value is -4.34. The van der Waals surface area contributed by atoms with Gasteiger partial charge in [-0.1, -0.05) is 0 Å². The summed E-state index contributed by atoms with van der Waals surface area (Å²) in [4.78, 5) is 50.6. The van der Waals surface area contributed by atoms with E-state index in [1.807, 2.05) is 0 Å². The zero-order valence-corrected chi connectivity index (χ0v) is 18.5. The Morgan fingerprint density at radius 3 is 2.09 bits per heavy atom. The van der Waals surface area contributed by atoms with Crippen molar-refractivity contribution in [2.75, 3.05) is 32.8 Å². The van der Waals surface area contributed by atoms with Crippen molar-refractivity contribution in [2.24, 2.45) is 0 Å². The Balaban J connectivity index is 1.99. The molecule has 1 aliphatic heterocycles. The van der Waals surface area contributed by atoms with E-state index in [4.69, 9.17) is 18.9 Å². The number of amides is 4. The van der Waals surface area contributed by atoms with Crippen molar-refractivity contribution in [1.82, 2.24) is 5.32 Å². The first-order chi connectivity index (χ1) is 15.8. The van der Waals surface area contributed by atoms with E-state index < -0.39 is 23.8 Å². The number of imide groups is 2. The van der Waals surface area contributed by atoms with Gasteiger partial charge in [0.2, 0.25) is 5.75 Å². The van der Waals surface area contributed by atoms with Crippen LogP contribution < -0.4 is 24.4 Å². The number of esters is 1. The molecule has 10 nitrogen and oxygen atoms in total. The lowest BCUT2D eigenvalue weighted by Gasteiger charge is -2.26. The molecule has 3 rings (SSSR count). The van der Waals surface area contributed by atoms with Crippen LogP contribution >= 0.6 is 0 Å². The molecule has 33 heavy (non-hydrogen) atoms. The normalized spacial score (nSPS) is 14.7. The standard InChI is InChI=1S/C23H22N2O8/c1-5-33-22(28)14-6-8-15(9-7-14)25-21(27)16(20(26)24-23(25)29)10-13-11-17(30-2)19(32-4)18(12-13)31-3/h6-12H,5H2,1-4H3,(H,24,26,29)/b16-10-. The number of hydrogen-bond donors (Lipinski definition) is 1. The highest BCUT2D eigenvalue weighted by Gasteiger charge is 2.37. The highest BCUT2D eigenvalue weighted by atomic mass is 16.5. The lowest BCUT2D eigenvalue weighted by molar-refractivity contribution is -0.122. The van der Waals surface area contributed by atoms with Gasteiger partial charge in [0, 0.05) is 0 Å². The highest BCUT2D eigenvalue weighted by Crippen LogP contribution is 2.39. The molecular weight excluding hydrogens is 432 g/mol. The first-order valence-corrected chi connectivity index (χ1v) is 9.83. The topological polar surface area (TPSA) is 120 Å². The molecule has 10 heteroatoms. The monoisotopic (exact) mass is 454 g/mol. The van der Waals surface area contributed by atoms with Gasteiger partial charge in [0.1, 0.15) is 5.57 Å². The van der Waals surface area contributed by atoms with E-state index in [1.165, 1.54) is 51.7 Å². The first-order valence-electron chi connectivity index (χ1n) is 9.83. The van der Waals surface area contributed by atoms with Crippen LogP contribution in [0.3, 0.4) is 0 Å². The molecule has 1 aliphatic rings. The molecule has 4 amide bonds.